The van der Waals surface area contributed by atoms with Crippen LogP contribution in [0.5, 0.6) is 0 Å². The summed E-state index contributed by atoms with van der Waals surface area (Å²) < 4.78 is 5.36. The largest absolute Gasteiger partial charge is 0.377 e. The van der Waals surface area contributed by atoms with Gasteiger partial charge in [-0.1, -0.05) is 0 Å². The number of hydrogen-bond donors (Lipinski definition) is 1. The highest BCUT2D eigenvalue weighted by molar-refractivity contribution is 6.17. The van der Waals surface area contributed by atoms with Crippen molar-refractivity contribution in [1.29, 1.82) is 0 Å². The smallest absolute Gasteiger partial charge is 0.0594 e. The molecule has 0 bridgehead atoms. The average Bonchev–Trinajstić information content (AvgIpc) is 2.02. The second kappa shape index (κ2) is 9.30. The molecule has 0 aromatic rings. The molecule has 0 aromatic heterocycles. The summed E-state index contributed by atoms with van der Waals surface area (Å²) in [4.78, 5) is 0. The van der Waals surface area contributed by atoms with E-state index in [4.69, 9.17) is 16.3 Å². The minimum atomic E-state index is 0.342. The first kappa shape index (κ1) is 12.2. The Kier molecular flexibility index (Phi) is 9.46. The van der Waals surface area contributed by atoms with Gasteiger partial charge in [0.05, 0.1) is 12.7 Å². The summed E-state index contributed by atoms with van der Waals surface area (Å²) in [5.74, 6) is 0.768. The van der Waals surface area contributed by atoms with Crippen LogP contribution in [0.25, 0.3) is 0 Å². The van der Waals surface area contributed by atoms with Gasteiger partial charge in [0, 0.05) is 12.4 Å². The minimum Gasteiger partial charge on any atom is -0.377 e. The van der Waals surface area contributed by atoms with E-state index in [0.29, 0.717) is 6.10 Å². The zero-order valence-corrected chi connectivity index (χ0v) is 8.86. The molecule has 0 heterocycles. The van der Waals surface area contributed by atoms with Gasteiger partial charge in [-0.2, -0.15) is 0 Å². The van der Waals surface area contributed by atoms with Gasteiger partial charge in [-0.15, -0.1) is 11.6 Å². The van der Waals surface area contributed by atoms with Gasteiger partial charge in [0.1, 0.15) is 0 Å². The van der Waals surface area contributed by atoms with Crippen molar-refractivity contribution in [2.75, 3.05) is 25.6 Å². The molecule has 0 saturated carbocycles. The van der Waals surface area contributed by atoms with E-state index in [-0.39, 0.29) is 0 Å². The second-order valence-electron chi connectivity index (χ2n) is 3.07. The molecule has 0 amide bonds. The summed E-state index contributed by atoms with van der Waals surface area (Å²) in [6.07, 6.45) is 2.60. The first-order valence-corrected chi connectivity index (χ1v) is 5.19. The lowest BCUT2D eigenvalue weighted by Gasteiger charge is -2.07. The highest BCUT2D eigenvalue weighted by Gasteiger charge is 1.91. The molecule has 0 aliphatic carbocycles. The zero-order valence-electron chi connectivity index (χ0n) is 8.11. The highest BCUT2D eigenvalue weighted by atomic mass is 35.5. The lowest BCUT2D eigenvalue weighted by molar-refractivity contribution is 0.0809. The van der Waals surface area contributed by atoms with Crippen LogP contribution in [0, 0.1) is 0 Å². The molecule has 0 aromatic carbocycles. The maximum Gasteiger partial charge on any atom is 0.0594 e. The quantitative estimate of drug-likeness (QED) is 0.471. The van der Waals surface area contributed by atoms with E-state index in [1.165, 1.54) is 0 Å². The Morgan fingerprint density at radius 1 is 1.25 bits per heavy atom. The number of nitrogens with one attached hydrogen (secondary N) is 1. The van der Waals surface area contributed by atoms with E-state index < -0.39 is 0 Å². The van der Waals surface area contributed by atoms with Crippen molar-refractivity contribution in [3.63, 3.8) is 0 Å². The van der Waals surface area contributed by atoms with E-state index in [1.54, 1.807) is 0 Å². The lowest BCUT2D eigenvalue weighted by Crippen LogP contribution is -2.22. The van der Waals surface area contributed by atoms with Crippen LogP contribution in [-0.2, 0) is 4.74 Å². The fourth-order valence-electron chi connectivity index (χ4n) is 0.836. The van der Waals surface area contributed by atoms with Crippen molar-refractivity contribution < 1.29 is 4.74 Å². The van der Waals surface area contributed by atoms with Gasteiger partial charge in [-0.25, -0.2) is 0 Å². The third kappa shape index (κ3) is 10.2. The summed E-state index contributed by atoms with van der Waals surface area (Å²) in [7, 11) is 0. The molecular formula is C9H20ClNO. The van der Waals surface area contributed by atoms with Crippen molar-refractivity contribution >= 4 is 11.6 Å². The Morgan fingerprint density at radius 2 is 2.00 bits per heavy atom. The standard InChI is InChI=1S/C9H20ClNO/c1-9(2)12-8-7-11-6-4-3-5-10/h9,11H,3-8H2,1-2H3. The Hall–Kier alpha value is 0.210. The van der Waals surface area contributed by atoms with Crippen LogP contribution in [-0.4, -0.2) is 31.7 Å². The van der Waals surface area contributed by atoms with Crippen LogP contribution < -0.4 is 5.32 Å². The van der Waals surface area contributed by atoms with E-state index >= 15 is 0 Å². The molecule has 0 rings (SSSR count). The van der Waals surface area contributed by atoms with Gasteiger partial charge in [-0.3, -0.25) is 0 Å². The topological polar surface area (TPSA) is 21.3 Å². The van der Waals surface area contributed by atoms with Crippen LogP contribution in [0.15, 0.2) is 0 Å². The van der Waals surface area contributed by atoms with Gasteiger partial charge < -0.3 is 10.1 Å². The normalized spacial score (nSPS) is 11.0. The fraction of sp³-hybridized carbons (Fsp3) is 1.00. The Labute approximate surface area is 80.6 Å². The molecule has 1 N–H and O–H groups in total. The van der Waals surface area contributed by atoms with E-state index in [9.17, 15) is 0 Å². The summed E-state index contributed by atoms with van der Waals surface area (Å²) in [6.45, 7) is 6.90. The number of rotatable bonds is 8. The maximum atomic E-state index is 5.53. The minimum absolute atomic E-state index is 0.342. The van der Waals surface area contributed by atoms with Gasteiger partial charge in [0.25, 0.3) is 0 Å². The molecule has 0 unspecified atom stereocenters. The molecule has 0 fully saturated rings. The third-order valence-corrected chi connectivity index (χ3v) is 1.73. The Balaban J connectivity index is 2.82. The van der Waals surface area contributed by atoms with Crippen molar-refractivity contribution in [2.45, 2.75) is 32.8 Å². The average molecular weight is 194 g/mol. The molecule has 0 aliphatic rings. The van der Waals surface area contributed by atoms with E-state index in [2.05, 4.69) is 5.32 Å². The summed E-state index contributed by atoms with van der Waals surface area (Å²) in [5.41, 5.74) is 0. The van der Waals surface area contributed by atoms with Gasteiger partial charge in [0.2, 0.25) is 0 Å². The first-order chi connectivity index (χ1) is 5.77. The SMILES string of the molecule is CC(C)OCCNCCCCCl. The summed E-state index contributed by atoms with van der Waals surface area (Å²) >= 11 is 5.53. The highest BCUT2D eigenvalue weighted by Crippen LogP contribution is 1.89. The number of ether oxygens (including phenoxy) is 1. The summed E-state index contributed by atoms with van der Waals surface area (Å²) in [5, 5.41) is 3.29. The molecular weight excluding hydrogens is 174 g/mol. The van der Waals surface area contributed by atoms with Gasteiger partial charge >= 0.3 is 0 Å². The van der Waals surface area contributed by atoms with Crippen molar-refractivity contribution in [3.8, 4) is 0 Å². The molecule has 0 aliphatic heterocycles. The van der Waals surface area contributed by atoms with Crippen LogP contribution in [0.2, 0.25) is 0 Å². The molecule has 2 nitrogen and oxygen atoms in total. The molecule has 0 atom stereocenters. The molecule has 74 valence electrons. The van der Waals surface area contributed by atoms with Crippen LogP contribution in [0.3, 0.4) is 0 Å². The van der Waals surface area contributed by atoms with E-state index in [0.717, 1.165) is 38.4 Å². The zero-order chi connectivity index (χ0) is 9.23. The Bertz CT molecular complexity index is 88.6. The third-order valence-electron chi connectivity index (χ3n) is 1.47. The number of halogens is 1. The van der Waals surface area contributed by atoms with Crippen molar-refractivity contribution in [2.24, 2.45) is 0 Å². The van der Waals surface area contributed by atoms with E-state index in [1.807, 2.05) is 13.8 Å². The van der Waals surface area contributed by atoms with Gasteiger partial charge in [-0.05, 0) is 33.2 Å². The number of unbranched alkanes of at least 4 members (excludes halogenated alkanes) is 1. The maximum absolute atomic E-state index is 5.53. The fourth-order valence-corrected chi connectivity index (χ4v) is 1.03. The predicted molar refractivity (Wildman–Crippen MR) is 53.9 cm³/mol. The molecule has 3 heteroatoms. The monoisotopic (exact) mass is 193 g/mol. The number of alkyl halides is 1. The van der Waals surface area contributed by atoms with Crippen LogP contribution in [0.1, 0.15) is 26.7 Å². The molecule has 12 heavy (non-hydrogen) atoms. The molecule has 0 radical (unpaired) electrons. The predicted octanol–water partition coefficient (Wildman–Crippen LogP) is 2.02. The summed E-state index contributed by atoms with van der Waals surface area (Å²) in [6, 6.07) is 0. The van der Waals surface area contributed by atoms with Crippen molar-refractivity contribution in [3.05, 3.63) is 0 Å². The lowest BCUT2D eigenvalue weighted by atomic mass is 10.3. The van der Waals surface area contributed by atoms with Gasteiger partial charge in [0.15, 0.2) is 0 Å². The molecule has 0 saturated heterocycles. The molecule has 0 spiro atoms. The van der Waals surface area contributed by atoms with Crippen LogP contribution in [0.4, 0.5) is 0 Å². The van der Waals surface area contributed by atoms with Crippen molar-refractivity contribution in [1.82, 2.24) is 5.32 Å². The Morgan fingerprint density at radius 3 is 2.58 bits per heavy atom. The number of hydrogen-bond acceptors (Lipinski definition) is 2. The van der Waals surface area contributed by atoms with Crippen LogP contribution >= 0.6 is 11.6 Å². The second-order valence-corrected chi connectivity index (χ2v) is 3.44. The first-order valence-electron chi connectivity index (χ1n) is 4.65.